The lowest BCUT2D eigenvalue weighted by Gasteiger charge is -2.35. The van der Waals surface area contributed by atoms with Crippen molar-refractivity contribution in [2.45, 2.75) is 12.6 Å². The van der Waals surface area contributed by atoms with Gasteiger partial charge in [-0.2, -0.15) is 0 Å². The molecule has 1 atom stereocenters. The standard InChI is InChI=1S/C14H14ClFN4OS/c15-9-2-1-3-10(16)11(9)12-13(21)18-4-5-20(12)7-8-6-19-14(17)22-8/h1-3,6,12H,4-5,7H2,(H2,17,19)(H,18,21). The van der Waals surface area contributed by atoms with E-state index < -0.39 is 11.9 Å². The van der Waals surface area contributed by atoms with Crippen LogP contribution in [0.5, 0.6) is 0 Å². The molecule has 22 heavy (non-hydrogen) atoms. The molecule has 0 saturated carbocycles. The minimum Gasteiger partial charge on any atom is -0.375 e. The van der Waals surface area contributed by atoms with Gasteiger partial charge in [-0.3, -0.25) is 9.69 Å². The smallest absolute Gasteiger partial charge is 0.242 e. The van der Waals surface area contributed by atoms with Gasteiger partial charge >= 0.3 is 0 Å². The zero-order chi connectivity index (χ0) is 15.7. The summed E-state index contributed by atoms with van der Waals surface area (Å²) in [6.45, 7) is 1.58. The van der Waals surface area contributed by atoms with Gasteiger partial charge in [-0.05, 0) is 12.1 Å². The summed E-state index contributed by atoms with van der Waals surface area (Å²) < 4.78 is 14.2. The van der Waals surface area contributed by atoms with Crippen molar-refractivity contribution in [1.82, 2.24) is 15.2 Å². The second-order valence-corrected chi connectivity index (χ2v) is 6.52. The number of anilines is 1. The van der Waals surface area contributed by atoms with Gasteiger partial charge in [-0.1, -0.05) is 17.7 Å². The Balaban J connectivity index is 1.95. The van der Waals surface area contributed by atoms with Crippen LogP contribution >= 0.6 is 22.9 Å². The number of hydrogen-bond acceptors (Lipinski definition) is 5. The van der Waals surface area contributed by atoms with Crippen LogP contribution in [0.1, 0.15) is 16.5 Å². The molecule has 1 fully saturated rings. The number of halogens is 2. The highest BCUT2D eigenvalue weighted by molar-refractivity contribution is 7.15. The van der Waals surface area contributed by atoms with Crippen LogP contribution < -0.4 is 11.1 Å². The molecule has 1 aliphatic rings. The highest BCUT2D eigenvalue weighted by Gasteiger charge is 2.34. The van der Waals surface area contributed by atoms with Crippen molar-refractivity contribution in [2.24, 2.45) is 0 Å². The van der Waals surface area contributed by atoms with Crippen molar-refractivity contribution in [1.29, 1.82) is 0 Å². The van der Waals surface area contributed by atoms with Crippen LogP contribution in [0, 0.1) is 5.82 Å². The Morgan fingerprint density at radius 2 is 2.36 bits per heavy atom. The molecule has 1 aliphatic heterocycles. The quantitative estimate of drug-likeness (QED) is 0.898. The number of hydrogen-bond donors (Lipinski definition) is 2. The Kier molecular flexibility index (Phi) is 4.28. The maximum absolute atomic E-state index is 14.2. The van der Waals surface area contributed by atoms with E-state index in [-0.39, 0.29) is 16.5 Å². The number of carbonyl (C=O) groups is 1. The maximum atomic E-state index is 14.2. The topological polar surface area (TPSA) is 71.2 Å². The highest BCUT2D eigenvalue weighted by Crippen LogP contribution is 2.33. The third kappa shape index (κ3) is 2.92. The molecule has 0 bridgehead atoms. The first-order chi connectivity index (χ1) is 10.6. The van der Waals surface area contributed by atoms with E-state index >= 15 is 0 Å². The van der Waals surface area contributed by atoms with Gasteiger partial charge in [0, 0.05) is 41.3 Å². The molecule has 3 rings (SSSR count). The molecular formula is C14H14ClFN4OS. The monoisotopic (exact) mass is 340 g/mol. The lowest BCUT2D eigenvalue weighted by Crippen LogP contribution is -2.49. The number of nitrogens with one attached hydrogen (secondary N) is 1. The van der Waals surface area contributed by atoms with Crippen LogP contribution in [0.3, 0.4) is 0 Å². The molecule has 1 saturated heterocycles. The number of rotatable bonds is 3. The molecule has 3 N–H and O–H groups in total. The van der Waals surface area contributed by atoms with Crippen molar-refractivity contribution in [3.8, 4) is 0 Å². The third-order valence-corrected chi connectivity index (χ3v) is 4.66. The summed E-state index contributed by atoms with van der Waals surface area (Å²) in [7, 11) is 0. The minimum absolute atomic E-state index is 0.207. The maximum Gasteiger partial charge on any atom is 0.242 e. The predicted molar refractivity (Wildman–Crippen MR) is 84.1 cm³/mol. The molecule has 0 spiro atoms. The Morgan fingerprint density at radius 1 is 1.55 bits per heavy atom. The van der Waals surface area contributed by atoms with E-state index in [4.69, 9.17) is 17.3 Å². The fraction of sp³-hybridized carbons (Fsp3) is 0.286. The van der Waals surface area contributed by atoms with Gasteiger partial charge < -0.3 is 11.1 Å². The zero-order valence-corrected chi connectivity index (χ0v) is 13.1. The summed E-state index contributed by atoms with van der Waals surface area (Å²) in [6, 6.07) is 3.66. The van der Waals surface area contributed by atoms with Crippen molar-refractivity contribution in [2.75, 3.05) is 18.8 Å². The van der Waals surface area contributed by atoms with Gasteiger partial charge in [0.1, 0.15) is 11.9 Å². The molecule has 0 radical (unpaired) electrons. The number of aromatic nitrogens is 1. The molecule has 5 nitrogen and oxygen atoms in total. The average molecular weight is 341 g/mol. The van der Waals surface area contributed by atoms with E-state index in [1.165, 1.54) is 23.5 Å². The van der Waals surface area contributed by atoms with Crippen molar-refractivity contribution in [3.63, 3.8) is 0 Å². The number of nitrogen functional groups attached to an aromatic ring is 1. The zero-order valence-electron chi connectivity index (χ0n) is 11.6. The van der Waals surface area contributed by atoms with E-state index in [0.29, 0.717) is 24.8 Å². The van der Waals surface area contributed by atoms with Gasteiger partial charge in [0.25, 0.3) is 0 Å². The van der Waals surface area contributed by atoms with E-state index in [1.807, 2.05) is 4.90 Å². The van der Waals surface area contributed by atoms with Crippen LogP contribution in [0.25, 0.3) is 0 Å². The first-order valence-electron chi connectivity index (χ1n) is 6.72. The largest absolute Gasteiger partial charge is 0.375 e. The molecule has 1 amide bonds. The summed E-state index contributed by atoms with van der Waals surface area (Å²) >= 11 is 7.48. The summed E-state index contributed by atoms with van der Waals surface area (Å²) in [4.78, 5) is 19.1. The van der Waals surface area contributed by atoms with Crippen LogP contribution in [0.15, 0.2) is 24.4 Å². The number of thiazole rings is 1. The molecule has 8 heteroatoms. The molecule has 1 aromatic heterocycles. The third-order valence-electron chi connectivity index (χ3n) is 3.52. The van der Waals surface area contributed by atoms with Gasteiger partial charge in [0.05, 0.1) is 0 Å². The van der Waals surface area contributed by atoms with Crippen molar-refractivity contribution < 1.29 is 9.18 Å². The predicted octanol–water partition coefficient (Wildman–Crippen LogP) is 2.19. The Bertz CT molecular complexity index is 688. The number of carbonyl (C=O) groups excluding carboxylic acids is 1. The first kappa shape index (κ1) is 15.2. The Morgan fingerprint density at radius 3 is 3.05 bits per heavy atom. The summed E-state index contributed by atoms with van der Waals surface area (Å²) in [5.74, 6) is -0.737. The fourth-order valence-corrected chi connectivity index (χ4v) is 3.54. The lowest BCUT2D eigenvalue weighted by atomic mass is 10.0. The normalized spacial score (nSPS) is 19.2. The van der Waals surface area contributed by atoms with E-state index in [0.717, 1.165) is 4.88 Å². The average Bonchev–Trinajstić information content (AvgIpc) is 2.87. The molecule has 1 aromatic carbocycles. The van der Waals surface area contributed by atoms with E-state index in [9.17, 15) is 9.18 Å². The lowest BCUT2D eigenvalue weighted by molar-refractivity contribution is -0.129. The Hall–Kier alpha value is -1.70. The second kappa shape index (κ2) is 6.20. The molecule has 116 valence electrons. The molecule has 2 heterocycles. The second-order valence-electron chi connectivity index (χ2n) is 4.96. The molecule has 0 aliphatic carbocycles. The fourth-order valence-electron chi connectivity index (χ4n) is 2.57. The van der Waals surface area contributed by atoms with Gasteiger partial charge in [-0.15, -0.1) is 11.3 Å². The van der Waals surface area contributed by atoms with Gasteiger partial charge in [0.2, 0.25) is 5.91 Å². The number of piperazine rings is 1. The first-order valence-corrected chi connectivity index (χ1v) is 7.91. The van der Waals surface area contributed by atoms with E-state index in [1.54, 1.807) is 12.3 Å². The number of nitrogens with zero attached hydrogens (tertiary/aromatic N) is 2. The van der Waals surface area contributed by atoms with Crippen molar-refractivity contribution >= 4 is 34.0 Å². The number of benzene rings is 1. The Labute approximate surface area is 135 Å². The highest BCUT2D eigenvalue weighted by atomic mass is 35.5. The number of amides is 1. The van der Waals surface area contributed by atoms with Crippen LogP contribution in [-0.4, -0.2) is 28.9 Å². The van der Waals surface area contributed by atoms with E-state index in [2.05, 4.69) is 10.3 Å². The minimum atomic E-state index is -0.759. The summed E-state index contributed by atoms with van der Waals surface area (Å²) in [5, 5.41) is 3.48. The van der Waals surface area contributed by atoms with Crippen LogP contribution in [0.2, 0.25) is 5.02 Å². The number of nitrogens with two attached hydrogens (primary N) is 1. The van der Waals surface area contributed by atoms with Crippen molar-refractivity contribution in [3.05, 3.63) is 45.7 Å². The van der Waals surface area contributed by atoms with Crippen LogP contribution in [-0.2, 0) is 11.3 Å². The van der Waals surface area contributed by atoms with Crippen LogP contribution in [0.4, 0.5) is 9.52 Å². The summed E-state index contributed by atoms with van der Waals surface area (Å²) in [6.07, 6.45) is 1.67. The molecule has 1 unspecified atom stereocenters. The molecular weight excluding hydrogens is 327 g/mol. The van der Waals surface area contributed by atoms with Gasteiger partial charge in [0.15, 0.2) is 5.13 Å². The SMILES string of the molecule is Nc1ncc(CN2CCNC(=O)C2c2c(F)cccc2Cl)s1. The summed E-state index contributed by atoms with van der Waals surface area (Å²) in [5.41, 5.74) is 5.84. The molecule has 2 aromatic rings. The van der Waals surface area contributed by atoms with Gasteiger partial charge in [-0.25, -0.2) is 9.37 Å².